The number of hydrogen-bond acceptors (Lipinski definition) is 5. The summed E-state index contributed by atoms with van der Waals surface area (Å²) in [6, 6.07) is 6.24. The zero-order chi connectivity index (χ0) is 18.1. The molecule has 0 unspecified atom stereocenters. The van der Waals surface area contributed by atoms with Crippen LogP contribution >= 0.6 is 23.2 Å². The van der Waals surface area contributed by atoms with E-state index in [1.165, 1.54) is 26.4 Å². The molecule has 1 aliphatic rings. The molecule has 0 amide bonds. The molecule has 0 aliphatic carbocycles. The lowest BCUT2D eigenvalue weighted by Crippen LogP contribution is -2.19. The van der Waals surface area contributed by atoms with Crippen LogP contribution in [0, 0.1) is 0 Å². The Kier molecular flexibility index (Phi) is 4.79. The number of rotatable bonds is 3. The highest BCUT2D eigenvalue weighted by molar-refractivity contribution is 6.37. The molecule has 3 rings (SSSR count). The van der Waals surface area contributed by atoms with E-state index >= 15 is 0 Å². The van der Waals surface area contributed by atoms with Crippen molar-refractivity contribution in [3.05, 3.63) is 51.0 Å². The molecule has 25 heavy (non-hydrogen) atoms. The number of carbonyl (C=O) groups excluding carboxylic acids is 1. The van der Waals surface area contributed by atoms with E-state index in [2.05, 4.69) is 0 Å². The van der Waals surface area contributed by atoms with Crippen LogP contribution in [-0.4, -0.2) is 31.7 Å². The van der Waals surface area contributed by atoms with Crippen LogP contribution in [0.25, 0.3) is 6.08 Å². The SMILES string of the molecule is COc1cc(/C=C2/COc3c(Cl)cc(Cl)cc3C2=O)cc(OC)c1O. The second kappa shape index (κ2) is 6.86. The van der Waals surface area contributed by atoms with Crippen molar-refractivity contribution in [2.24, 2.45) is 0 Å². The Morgan fingerprint density at radius 1 is 1.12 bits per heavy atom. The molecule has 0 spiro atoms. The van der Waals surface area contributed by atoms with Gasteiger partial charge in [0.25, 0.3) is 0 Å². The number of methoxy groups -OCH3 is 2. The molecule has 0 fully saturated rings. The second-order valence-electron chi connectivity index (χ2n) is 5.33. The summed E-state index contributed by atoms with van der Waals surface area (Å²) in [5, 5.41) is 10.6. The maximum absolute atomic E-state index is 12.7. The summed E-state index contributed by atoms with van der Waals surface area (Å²) in [5.41, 5.74) is 1.35. The van der Waals surface area contributed by atoms with Gasteiger partial charge in [0.2, 0.25) is 5.75 Å². The average molecular weight is 381 g/mol. The number of phenolic OH excluding ortho intramolecular Hbond substituents is 1. The molecule has 130 valence electrons. The first kappa shape index (κ1) is 17.5. The third-order valence-corrected chi connectivity index (χ3v) is 4.26. The highest BCUT2D eigenvalue weighted by Gasteiger charge is 2.26. The van der Waals surface area contributed by atoms with E-state index < -0.39 is 0 Å². The van der Waals surface area contributed by atoms with Gasteiger partial charge in [-0.25, -0.2) is 0 Å². The molecule has 0 atom stereocenters. The van der Waals surface area contributed by atoms with Crippen LogP contribution in [0.15, 0.2) is 29.8 Å². The summed E-state index contributed by atoms with van der Waals surface area (Å²) in [7, 11) is 2.86. The molecule has 0 bridgehead atoms. The zero-order valence-electron chi connectivity index (χ0n) is 13.4. The quantitative estimate of drug-likeness (QED) is 0.800. The molecule has 1 aliphatic heterocycles. The van der Waals surface area contributed by atoms with Gasteiger partial charge in [-0.1, -0.05) is 23.2 Å². The number of fused-ring (bicyclic) bond motifs is 1. The van der Waals surface area contributed by atoms with E-state index in [0.717, 1.165) is 0 Å². The molecular weight excluding hydrogens is 367 g/mol. The van der Waals surface area contributed by atoms with Crippen molar-refractivity contribution < 1.29 is 24.1 Å². The minimum atomic E-state index is -0.225. The van der Waals surface area contributed by atoms with Crippen molar-refractivity contribution in [3.8, 4) is 23.0 Å². The third kappa shape index (κ3) is 3.25. The van der Waals surface area contributed by atoms with Gasteiger partial charge in [-0.2, -0.15) is 0 Å². The summed E-state index contributed by atoms with van der Waals surface area (Å²) < 4.78 is 15.9. The highest BCUT2D eigenvalue weighted by atomic mass is 35.5. The molecule has 0 aromatic heterocycles. The van der Waals surface area contributed by atoms with Crippen LogP contribution in [0.2, 0.25) is 10.0 Å². The van der Waals surface area contributed by atoms with Crippen molar-refractivity contribution in [1.29, 1.82) is 0 Å². The van der Waals surface area contributed by atoms with Gasteiger partial charge in [0.1, 0.15) is 12.4 Å². The fraction of sp³-hybridized carbons (Fsp3) is 0.167. The van der Waals surface area contributed by atoms with Gasteiger partial charge in [0.15, 0.2) is 17.3 Å². The molecule has 0 saturated carbocycles. The minimum Gasteiger partial charge on any atom is -0.502 e. The van der Waals surface area contributed by atoms with Crippen molar-refractivity contribution in [2.75, 3.05) is 20.8 Å². The monoisotopic (exact) mass is 380 g/mol. The number of hydrogen-bond donors (Lipinski definition) is 1. The Hall–Kier alpha value is -2.37. The molecule has 2 aromatic rings. The van der Waals surface area contributed by atoms with Gasteiger partial charge in [-0.15, -0.1) is 0 Å². The van der Waals surface area contributed by atoms with Gasteiger partial charge in [0.05, 0.1) is 24.8 Å². The van der Waals surface area contributed by atoms with E-state index in [9.17, 15) is 9.90 Å². The zero-order valence-corrected chi connectivity index (χ0v) is 14.9. The van der Waals surface area contributed by atoms with Crippen LogP contribution in [0.1, 0.15) is 15.9 Å². The molecular formula is C18H14Cl2O5. The standard InChI is InChI=1S/C18H14Cl2O5/c1-23-14-4-9(5-15(24-2)17(14)22)3-10-8-25-18-12(16(10)21)6-11(19)7-13(18)20/h3-7,22H,8H2,1-2H3/b10-3-. The number of Topliss-reactive ketones (excluding diaryl/α,β-unsaturated/α-hetero) is 1. The molecule has 7 heteroatoms. The Morgan fingerprint density at radius 3 is 2.36 bits per heavy atom. The third-order valence-electron chi connectivity index (χ3n) is 3.76. The van der Waals surface area contributed by atoms with Crippen LogP contribution in [0.5, 0.6) is 23.0 Å². The molecule has 5 nitrogen and oxygen atoms in total. The number of carbonyl (C=O) groups is 1. The topological polar surface area (TPSA) is 65.0 Å². The second-order valence-corrected chi connectivity index (χ2v) is 6.17. The van der Waals surface area contributed by atoms with Crippen molar-refractivity contribution in [1.82, 2.24) is 0 Å². The Labute approximate surface area is 154 Å². The minimum absolute atomic E-state index is 0.0681. The lowest BCUT2D eigenvalue weighted by atomic mass is 9.98. The number of ether oxygens (including phenoxy) is 3. The van der Waals surface area contributed by atoms with Crippen LogP contribution in [-0.2, 0) is 0 Å². The van der Waals surface area contributed by atoms with Gasteiger partial charge in [-0.05, 0) is 35.9 Å². The first-order valence-electron chi connectivity index (χ1n) is 7.26. The molecule has 0 saturated heterocycles. The average Bonchev–Trinajstić information content (AvgIpc) is 2.59. The lowest BCUT2D eigenvalue weighted by Gasteiger charge is -2.20. The number of halogens is 2. The predicted molar refractivity (Wildman–Crippen MR) is 95.5 cm³/mol. The van der Waals surface area contributed by atoms with Gasteiger partial charge in [-0.3, -0.25) is 4.79 Å². The number of phenols is 1. The van der Waals surface area contributed by atoms with Crippen molar-refractivity contribution in [2.45, 2.75) is 0 Å². The first-order valence-corrected chi connectivity index (χ1v) is 8.02. The van der Waals surface area contributed by atoms with Crippen LogP contribution in [0.4, 0.5) is 0 Å². The number of benzene rings is 2. The normalized spacial score (nSPS) is 14.9. The predicted octanol–water partition coefficient (Wildman–Crippen LogP) is 4.37. The summed E-state index contributed by atoms with van der Waals surface area (Å²) in [6.45, 7) is 0.0681. The van der Waals surface area contributed by atoms with Crippen LogP contribution < -0.4 is 14.2 Å². The van der Waals surface area contributed by atoms with E-state index in [1.807, 2.05) is 0 Å². The summed E-state index contributed by atoms with van der Waals surface area (Å²) in [4.78, 5) is 12.7. The van der Waals surface area contributed by atoms with Crippen molar-refractivity contribution >= 4 is 35.1 Å². The van der Waals surface area contributed by atoms with Crippen LogP contribution in [0.3, 0.4) is 0 Å². The van der Waals surface area contributed by atoms with E-state index in [-0.39, 0.29) is 29.6 Å². The van der Waals surface area contributed by atoms with E-state index in [0.29, 0.717) is 32.5 Å². The summed E-state index contributed by atoms with van der Waals surface area (Å²) in [5.74, 6) is 0.469. The number of aromatic hydroxyl groups is 1. The maximum Gasteiger partial charge on any atom is 0.200 e. The Balaban J connectivity index is 2.04. The van der Waals surface area contributed by atoms with E-state index in [1.54, 1.807) is 18.2 Å². The van der Waals surface area contributed by atoms with Gasteiger partial charge >= 0.3 is 0 Å². The largest absolute Gasteiger partial charge is 0.502 e. The fourth-order valence-electron chi connectivity index (χ4n) is 2.57. The van der Waals surface area contributed by atoms with Gasteiger partial charge < -0.3 is 19.3 Å². The molecule has 1 N–H and O–H groups in total. The Morgan fingerprint density at radius 2 is 1.76 bits per heavy atom. The van der Waals surface area contributed by atoms with Gasteiger partial charge in [0, 0.05) is 10.6 Å². The smallest absolute Gasteiger partial charge is 0.200 e. The first-order chi connectivity index (χ1) is 11.9. The Bertz CT molecular complexity index is 864. The number of ketones is 1. The molecule has 2 aromatic carbocycles. The maximum atomic E-state index is 12.7. The highest BCUT2D eigenvalue weighted by Crippen LogP contribution is 2.39. The summed E-state index contributed by atoms with van der Waals surface area (Å²) in [6.07, 6.45) is 1.64. The van der Waals surface area contributed by atoms with Crippen molar-refractivity contribution in [3.63, 3.8) is 0 Å². The molecule has 1 heterocycles. The fourth-order valence-corrected chi connectivity index (χ4v) is 3.12. The lowest BCUT2D eigenvalue weighted by molar-refractivity contribution is 0.100. The van der Waals surface area contributed by atoms with E-state index in [4.69, 9.17) is 37.4 Å². The molecule has 0 radical (unpaired) electrons. The summed E-state index contributed by atoms with van der Waals surface area (Å²) >= 11 is 12.1.